The highest BCUT2D eigenvalue weighted by molar-refractivity contribution is 7.89. The molecule has 2 amide bonds. The molecule has 2 saturated heterocycles. The van der Waals surface area contributed by atoms with E-state index in [-0.39, 0.29) is 45.9 Å². The Morgan fingerprint density at radius 1 is 1.06 bits per heavy atom. The van der Waals surface area contributed by atoms with Crippen molar-refractivity contribution in [3.05, 3.63) is 58.1 Å². The maximum atomic E-state index is 13.6. The number of fused-ring (bicyclic) bond motifs is 3. The van der Waals surface area contributed by atoms with Crippen molar-refractivity contribution < 1.29 is 18.0 Å². The first kappa shape index (κ1) is 24.2. The lowest BCUT2D eigenvalue weighted by Gasteiger charge is -2.41. The first-order valence-corrected chi connectivity index (χ1v) is 13.6. The van der Waals surface area contributed by atoms with E-state index in [0.29, 0.717) is 18.5 Å². The molecule has 186 valence electrons. The SMILES string of the molecule is CC(C)(N)c1ccc(S(=O)(=O)N2C3CCC2CC(N2C(=O)Cc4cc(C(N)=O)c(Cl)cc42)C3)cc1. The monoisotopic (exact) mass is 516 g/mol. The smallest absolute Gasteiger partial charge is 0.250 e. The standard InChI is InChI=1S/C25H29ClN4O4S/c1-25(2,28)15-3-7-19(8-4-15)35(33,34)30-16-5-6-17(30)12-18(11-16)29-22-13-21(26)20(24(27)32)9-14(22)10-23(29)31/h3-4,7-9,13,16-18H,5-6,10-12,28H2,1-2H3,(H2,27,32). The van der Waals surface area contributed by atoms with Crippen molar-refractivity contribution in [2.24, 2.45) is 11.5 Å². The van der Waals surface area contributed by atoms with Gasteiger partial charge in [0, 0.05) is 29.4 Å². The average molecular weight is 517 g/mol. The van der Waals surface area contributed by atoms with Crippen LogP contribution in [0, 0.1) is 0 Å². The van der Waals surface area contributed by atoms with Gasteiger partial charge in [0.1, 0.15) is 0 Å². The van der Waals surface area contributed by atoms with Gasteiger partial charge >= 0.3 is 0 Å². The van der Waals surface area contributed by atoms with Gasteiger partial charge in [0.05, 0.1) is 21.9 Å². The van der Waals surface area contributed by atoms with Crippen LogP contribution in [0.3, 0.4) is 0 Å². The fourth-order valence-corrected chi connectivity index (χ4v) is 7.97. The van der Waals surface area contributed by atoms with E-state index < -0.39 is 21.5 Å². The lowest BCUT2D eigenvalue weighted by Crippen LogP contribution is -2.53. The molecule has 3 heterocycles. The molecule has 0 spiro atoms. The number of hydrogen-bond donors (Lipinski definition) is 2. The minimum Gasteiger partial charge on any atom is -0.366 e. The van der Waals surface area contributed by atoms with E-state index in [1.165, 1.54) is 0 Å². The van der Waals surface area contributed by atoms with Crippen molar-refractivity contribution in [3.8, 4) is 0 Å². The van der Waals surface area contributed by atoms with Crippen molar-refractivity contribution in [2.45, 2.75) is 74.5 Å². The zero-order valence-electron chi connectivity index (χ0n) is 19.7. The number of primary amides is 1. The molecule has 0 aromatic heterocycles. The van der Waals surface area contributed by atoms with Crippen LogP contribution in [0.1, 0.15) is 61.0 Å². The van der Waals surface area contributed by atoms with Crippen LogP contribution in [0.5, 0.6) is 0 Å². The maximum absolute atomic E-state index is 13.6. The number of halogens is 1. The minimum absolute atomic E-state index is 0.0709. The van der Waals surface area contributed by atoms with E-state index in [9.17, 15) is 18.0 Å². The summed E-state index contributed by atoms with van der Waals surface area (Å²) in [6.07, 6.45) is 2.77. The lowest BCUT2D eigenvalue weighted by molar-refractivity contribution is -0.118. The van der Waals surface area contributed by atoms with Crippen molar-refractivity contribution in [1.82, 2.24) is 4.31 Å². The van der Waals surface area contributed by atoms with Gasteiger partial charge in [0.15, 0.2) is 0 Å². The number of carbonyl (C=O) groups is 2. The third kappa shape index (κ3) is 4.04. The van der Waals surface area contributed by atoms with Crippen LogP contribution >= 0.6 is 11.6 Å². The molecule has 0 radical (unpaired) electrons. The third-order valence-electron chi connectivity index (χ3n) is 7.48. The summed E-state index contributed by atoms with van der Waals surface area (Å²) >= 11 is 6.28. The van der Waals surface area contributed by atoms with Gasteiger partial charge in [0.2, 0.25) is 21.8 Å². The summed E-state index contributed by atoms with van der Waals surface area (Å²) in [5, 5.41) is 0.211. The van der Waals surface area contributed by atoms with Gasteiger partial charge < -0.3 is 16.4 Å². The molecule has 2 bridgehead atoms. The molecule has 5 rings (SSSR count). The summed E-state index contributed by atoms with van der Waals surface area (Å²) in [5.41, 5.74) is 13.5. The molecule has 4 N–H and O–H groups in total. The van der Waals surface area contributed by atoms with Crippen LogP contribution in [0.2, 0.25) is 5.02 Å². The summed E-state index contributed by atoms with van der Waals surface area (Å²) in [5.74, 6) is -0.707. The van der Waals surface area contributed by atoms with E-state index in [1.807, 2.05) is 13.8 Å². The number of hydrogen-bond acceptors (Lipinski definition) is 5. The second kappa shape index (κ2) is 8.30. The summed E-state index contributed by atoms with van der Waals surface area (Å²) in [7, 11) is -3.69. The Morgan fingerprint density at radius 3 is 2.20 bits per heavy atom. The molecular weight excluding hydrogens is 488 g/mol. The van der Waals surface area contributed by atoms with E-state index in [1.54, 1.807) is 45.6 Å². The first-order valence-electron chi connectivity index (χ1n) is 11.7. The van der Waals surface area contributed by atoms with Crippen LogP contribution in [-0.2, 0) is 26.8 Å². The molecule has 0 aliphatic carbocycles. The number of amides is 2. The van der Waals surface area contributed by atoms with Crippen molar-refractivity contribution >= 4 is 39.1 Å². The van der Waals surface area contributed by atoms with Crippen LogP contribution in [-0.4, -0.2) is 42.7 Å². The molecule has 0 saturated carbocycles. The molecule has 2 aromatic rings. The molecule has 3 aliphatic rings. The second-order valence-corrected chi connectivity index (χ2v) is 12.6. The number of rotatable bonds is 5. The van der Waals surface area contributed by atoms with Gasteiger partial charge in [-0.25, -0.2) is 8.42 Å². The zero-order chi connectivity index (χ0) is 25.3. The average Bonchev–Trinajstić information content (AvgIpc) is 3.25. The Balaban J connectivity index is 1.41. The number of nitrogens with zero attached hydrogens (tertiary/aromatic N) is 2. The first-order chi connectivity index (χ1) is 16.4. The Hall–Kier alpha value is -2.46. The van der Waals surface area contributed by atoms with Crippen LogP contribution in [0.15, 0.2) is 41.3 Å². The van der Waals surface area contributed by atoms with E-state index in [4.69, 9.17) is 23.1 Å². The highest BCUT2D eigenvalue weighted by atomic mass is 35.5. The number of nitrogens with two attached hydrogens (primary N) is 2. The highest BCUT2D eigenvalue weighted by Crippen LogP contribution is 2.44. The number of piperidine rings is 1. The van der Waals surface area contributed by atoms with Crippen LogP contribution in [0.25, 0.3) is 0 Å². The van der Waals surface area contributed by atoms with Gasteiger partial charge in [-0.15, -0.1) is 0 Å². The van der Waals surface area contributed by atoms with Gasteiger partial charge in [-0.2, -0.15) is 4.31 Å². The quantitative estimate of drug-likeness (QED) is 0.631. The van der Waals surface area contributed by atoms with Crippen molar-refractivity contribution in [1.29, 1.82) is 0 Å². The minimum atomic E-state index is -3.69. The predicted octanol–water partition coefficient (Wildman–Crippen LogP) is 2.91. The van der Waals surface area contributed by atoms with E-state index >= 15 is 0 Å². The number of carbonyl (C=O) groups excluding carboxylic acids is 2. The Kier molecular flexibility index (Phi) is 5.75. The number of benzene rings is 2. The van der Waals surface area contributed by atoms with Crippen LogP contribution in [0.4, 0.5) is 5.69 Å². The number of sulfonamides is 1. The summed E-state index contributed by atoms with van der Waals surface area (Å²) < 4.78 is 28.8. The summed E-state index contributed by atoms with van der Waals surface area (Å²) in [6.45, 7) is 3.75. The zero-order valence-corrected chi connectivity index (χ0v) is 21.3. The summed E-state index contributed by atoms with van der Waals surface area (Å²) in [6, 6.07) is 9.51. The van der Waals surface area contributed by atoms with Crippen molar-refractivity contribution in [2.75, 3.05) is 4.90 Å². The maximum Gasteiger partial charge on any atom is 0.250 e. The highest BCUT2D eigenvalue weighted by Gasteiger charge is 2.50. The van der Waals surface area contributed by atoms with Crippen LogP contribution < -0.4 is 16.4 Å². The second-order valence-electron chi connectivity index (χ2n) is 10.4. The molecule has 35 heavy (non-hydrogen) atoms. The topological polar surface area (TPSA) is 127 Å². The van der Waals surface area contributed by atoms with Gasteiger partial charge in [0.25, 0.3) is 0 Å². The molecule has 3 aliphatic heterocycles. The molecule has 2 atom stereocenters. The molecule has 8 nitrogen and oxygen atoms in total. The van der Waals surface area contributed by atoms with Gasteiger partial charge in [-0.1, -0.05) is 23.7 Å². The Labute approximate surface area is 210 Å². The third-order valence-corrected chi connectivity index (χ3v) is 9.82. The predicted molar refractivity (Wildman–Crippen MR) is 134 cm³/mol. The number of anilines is 1. The van der Waals surface area contributed by atoms with Gasteiger partial charge in [-0.05, 0) is 74.9 Å². The normalized spacial score (nSPS) is 24.6. The Bertz CT molecular complexity index is 1310. The fraction of sp³-hybridized carbons (Fsp3) is 0.440. The molecule has 10 heteroatoms. The van der Waals surface area contributed by atoms with Gasteiger partial charge in [-0.3, -0.25) is 9.59 Å². The van der Waals surface area contributed by atoms with E-state index in [2.05, 4.69) is 0 Å². The van der Waals surface area contributed by atoms with Crippen molar-refractivity contribution in [3.63, 3.8) is 0 Å². The largest absolute Gasteiger partial charge is 0.366 e. The van der Waals surface area contributed by atoms with E-state index in [0.717, 1.165) is 24.0 Å². The summed E-state index contributed by atoms with van der Waals surface area (Å²) in [4.78, 5) is 26.7. The molecule has 2 unspecified atom stereocenters. The lowest BCUT2D eigenvalue weighted by atomic mass is 9.96. The fourth-order valence-electron chi connectivity index (χ4n) is 5.83. The molecule has 2 fully saturated rings. The molecular formula is C25H29ClN4O4S. The molecule has 2 aromatic carbocycles. The Morgan fingerprint density at radius 2 is 1.66 bits per heavy atom.